The third kappa shape index (κ3) is 3.84. The molecule has 1 unspecified atom stereocenters. The average Bonchev–Trinajstić information content (AvgIpc) is 3.04. The second kappa shape index (κ2) is 8.69. The van der Waals surface area contributed by atoms with Crippen LogP contribution in [0.4, 0.5) is 24.5 Å². The second-order valence-electron chi connectivity index (χ2n) is 8.62. The van der Waals surface area contributed by atoms with Crippen molar-refractivity contribution in [2.75, 3.05) is 29.3 Å². The maximum Gasteiger partial charge on any atom is 0.417 e. The molecule has 35 heavy (non-hydrogen) atoms. The van der Waals surface area contributed by atoms with Crippen LogP contribution in [0.3, 0.4) is 0 Å². The van der Waals surface area contributed by atoms with Crippen molar-refractivity contribution in [2.45, 2.75) is 42.0 Å². The second-order valence-corrected chi connectivity index (χ2v) is 10.0. The number of anilines is 2. The number of methoxy groups -OCH3 is 1. The first kappa shape index (κ1) is 23.9. The minimum atomic E-state index is -4.74. The molecule has 1 aliphatic carbocycles. The molecule has 0 radical (unpaired) electrons. The molecule has 1 saturated heterocycles. The van der Waals surface area contributed by atoms with Crippen LogP contribution in [0, 0.1) is 11.3 Å². The van der Waals surface area contributed by atoms with E-state index in [1.807, 2.05) is 18.2 Å². The lowest BCUT2D eigenvalue weighted by Crippen LogP contribution is -2.55. The van der Waals surface area contributed by atoms with Gasteiger partial charge in [0.1, 0.15) is 17.4 Å². The standard InChI is InChI=1S/C24H20F3N3O3S2/c1-32-12-17-13-35-20-10-16(5-6-19(20)33-17)30-22(34)29(21(31)23(30)7-2-8-23)15-4-3-14(11-28)18(9-15)24(25,26)27/h3-6,9-10,17H,2,7-8,12-13H2,1H3. The van der Waals surface area contributed by atoms with Crippen LogP contribution in [-0.2, 0) is 15.7 Å². The fraction of sp³-hybridized carbons (Fsp3) is 0.375. The molecule has 1 amide bonds. The SMILES string of the molecule is COCC1CSc2cc(N3C(=S)N(c4ccc(C#N)c(C(F)(F)F)c4)C(=O)C34CCC4)ccc2O1. The number of halogens is 3. The number of thiocarbonyl (C=S) groups is 1. The van der Waals surface area contributed by atoms with Crippen LogP contribution in [0.25, 0.3) is 0 Å². The molecule has 6 nitrogen and oxygen atoms in total. The van der Waals surface area contributed by atoms with Gasteiger partial charge in [0.15, 0.2) is 5.11 Å². The zero-order valence-electron chi connectivity index (χ0n) is 18.6. The fourth-order valence-electron chi connectivity index (χ4n) is 4.72. The third-order valence-corrected chi connectivity index (χ3v) is 8.07. The van der Waals surface area contributed by atoms with Crippen molar-refractivity contribution < 1.29 is 27.4 Å². The number of carbonyl (C=O) groups is 1. The molecule has 0 N–H and O–H groups in total. The molecule has 11 heteroatoms. The molecule has 2 heterocycles. The topological polar surface area (TPSA) is 65.8 Å². The van der Waals surface area contributed by atoms with Crippen LogP contribution in [-0.4, -0.2) is 42.1 Å². The maximum atomic E-state index is 13.6. The Balaban J connectivity index is 1.53. The van der Waals surface area contributed by atoms with Crippen LogP contribution in [0.15, 0.2) is 41.3 Å². The first-order valence-corrected chi connectivity index (χ1v) is 12.3. The fourth-order valence-corrected chi connectivity index (χ4v) is 6.18. The van der Waals surface area contributed by atoms with Crippen molar-refractivity contribution in [3.8, 4) is 11.8 Å². The Bertz CT molecular complexity index is 1260. The molecule has 1 atom stereocenters. The Morgan fingerprint density at radius 3 is 2.63 bits per heavy atom. The zero-order chi connectivity index (χ0) is 25.0. The molecule has 1 saturated carbocycles. The first-order chi connectivity index (χ1) is 16.7. The summed E-state index contributed by atoms with van der Waals surface area (Å²) >= 11 is 7.30. The van der Waals surface area contributed by atoms with E-state index in [2.05, 4.69) is 0 Å². The van der Waals surface area contributed by atoms with Crippen LogP contribution < -0.4 is 14.5 Å². The number of rotatable bonds is 4. The van der Waals surface area contributed by atoms with Gasteiger partial charge in [-0.15, -0.1) is 11.8 Å². The number of fused-ring (bicyclic) bond motifs is 1. The van der Waals surface area contributed by atoms with Crippen LogP contribution in [0.5, 0.6) is 5.75 Å². The molecule has 2 aliphatic heterocycles. The van der Waals surface area contributed by atoms with Gasteiger partial charge in [-0.3, -0.25) is 9.69 Å². The summed E-state index contributed by atoms with van der Waals surface area (Å²) in [7, 11) is 1.62. The maximum absolute atomic E-state index is 13.6. The summed E-state index contributed by atoms with van der Waals surface area (Å²) in [4.78, 5) is 17.5. The summed E-state index contributed by atoms with van der Waals surface area (Å²) in [5.74, 6) is 1.06. The summed E-state index contributed by atoms with van der Waals surface area (Å²) < 4.78 is 51.9. The molecule has 1 spiro atoms. The van der Waals surface area contributed by atoms with Gasteiger partial charge in [-0.2, -0.15) is 18.4 Å². The smallest absolute Gasteiger partial charge is 0.417 e. The lowest BCUT2D eigenvalue weighted by molar-refractivity contribution is -0.137. The van der Waals surface area contributed by atoms with Crippen LogP contribution in [0.2, 0.25) is 0 Å². The Morgan fingerprint density at radius 1 is 1.26 bits per heavy atom. The highest BCUT2D eigenvalue weighted by atomic mass is 32.2. The molecule has 2 aromatic rings. The van der Waals surface area contributed by atoms with E-state index in [1.165, 1.54) is 11.0 Å². The van der Waals surface area contributed by atoms with E-state index in [0.29, 0.717) is 36.6 Å². The average molecular weight is 520 g/mol. The van der Waals surface area contributed by atoms with Gasteiger partial charge >= 0.3 is 6.18 Å². The molecular formula is C24H20F3N3O3S2. The van der Waals surface area contributed by atoms with E-state index in [-0.39, 0.29) is 22.8 Å². The van der Waals surface area contributed by atoms with Crippen LogP contribution in [0.1, 0.15) is 30.4 Å². The quantitative estimate of drug-likeness (QED) is 0.519. The summed E-state index contributed by atoms with van der Waals surface area (Å²) in [6.07, 6.45) is -2.91. The van der Waals surface area contributed by atoms with Gasteiger partial charge in [-0.05, 0) is 67.9 Å². The van der Waals surface area contributed by atoms with Gasteiger partial charge in [0.05, 0.1) is 34.4 Å². The minimum Gasteiger partial charge on any atom is -0.486 e. The van der Waals surface area contributed by atoms with Crippen LogP contribution >= 0.6 is 24.0 Å². The van der Waals surface area contributed by atoms with Crippen molar-refractivity contribution in [1.29, 1.82) is 5.26 Å². The summed E-state index contributed by atoms with van der Waals surface area (Å²) in [5, 5.41) is 9.24. The largest absolute Gasteiger partial charge is 0.486 e. The number of alkyl halides is 3. The van der Waals surface area contributed by atoms with Crippen molar-refractivity contribution in [1.82, 2.24) is 0 Å². The van der Waals surface area contributed by atoms with E-state index in [4.69, 9.17) is 27.0 Å². The highest BCUT2D eigenvalue weighted by Gasteiger charge is 2.59. The Labute approximate surface area is 209 Å². The highest BCUT2D eigenvalue weighted by Crippen LogP contribution is 2.50. The lowest BCUT2D eigenvalue weighted by Gasteiger charge is -2.43. The van der Waals surface area contributed by atoms with E-state index < -0.39 is 22.8 Å². The predicted molar refractivity (Wildman–Crippen MR) is 129 cm³/mol. The predicted octanol–water partition coefficient (Wildman–Crippen LogP) is 5.14. The van der Waals surface area contributed by atoms with E-state index in [0.717, 1.165) is 23.4 Å². The Hall–Kier alpha value is -2.81. The summed E-state index contributed by atoms with van der Waals surface area (Å²) in [6, 6.07) is 10.4. The normalized spacial score (nSPS) is 20.9. The molecule has 3 aliphatic rings. The number of hydrogen-bond acceptors (Lipinski definition) is 6. The number of nitriles is 1. The van der Waals surface area contributed by atoms with Gasteiger partial charge in [0.25, 0.3) is 5.91 Å². The van der Waals surface area contributed by atoms with Crippen molar-refractivity contribution in [2.24, 2.45) is 0 Å². The molecule has 2 fully saturated rings. The van der Waals surface area contributed by atoms with Crippen molar-refractivity contribution in [3.63, 3.8) is 0 Å². The molecule has 5 rings (SSSR count). The number of nitrogens with zero attached hydrogens (tertiary/aromatic N) is 3. The van der Waals surface area contributed by atoms with Crippen molar-refractivity contribution >= 4 is 46.4 Å². The highest BCUT2D eigenvalue weighted by molar-refractivity contribution is 7.99. The minimum absolute atomic E-state index is 0.00169. The number of hydrogen-bond donors (Lipinski definition) is 0. The van der Waals surface area contributed by atoms with Gasteiger partial charge in [0.2, 0.25) is 0 Å². The lowest BCUT2D eigenvalue weighted by atomic mass is 9.75. The van der Waals surface area contributed by atoms with Crippen molar-refractivity contribution in [3.05, 3.63) is 47.5 Å². The number of carbonyl (C=O) groups excluding carboxylic acids is 1. The molecule has 182 valence electrons. The molecule has 0 bridgehead atoms. The van der Waals surface area contributed by atoms with Gasteiger partial charge in [0, 0.05) is 18.6 Å². The third-order valence-electron chi connectivity index (χ3n) is 6.54. The number of thioether (sulfide) groups is 1. The number of amides is 1. The molecular weight excluding hydrogens is 499 g/mol. The monoisotopic (exact) mass is 519 g/mol. The first-order valence-electron chi connectivity index (χ1n) is 10.9. The number of benzene rings is 2. The zero-order valence-corrected chi connectivity index (χ0v) is 20.2. The van der Waals surface area contributed by atoms with Gasteiger partial charge in [-0.25, -0.2) is 0 Å². The summed E-state index contributed by atoms with van der Waals surface area (Å²) in [6.45, 7) is 0.474. The van der Waals surface area contributed by atoms with Gasteiger partial charge in [-0.1, -0.05) is 0 Å². The Kier molecular flexibility index (Phi) is 5.94. The van der Waals surface area contributed by atoms with E-state index in [1.54, 1.807) is 29.8 Å². The van der Waals surface area contributed by atoms with Gasteiger partial charge < -0.3 is 14.4 Å². The Morgan fingerprint density at radius 2 is 2.00 bits per heavy atom. The molecule has 2 aromatic carbocycles. The number of ether oxygens (including phenoxy) is 2. The van der Waals surface area contributed by atoms with E-state index in [9.17, 15) is 18.0 Å². The van der Waals surface area contributed by atoms with E-state index >= 15 is 0 Å². The molecule has 0 aromatic heterocycles. The summed E-state index contributed by atoms with van der Waals surface area (Å²) in [5.41, 5.74) is -1.85.